The lowest BCUT2D eigenvalue weighted by Gasteiger charge is -2.05. The lowest BCUT2D eigenvalue weighted by atomic mass is 10.2. The Labute approximate surface area is 181 Å². The van der Waals surface area contributed by atoms with E-state index in [1.165, 1.54) is 11.8 Å². The summed E-state index contributed by atoms with van der Waals surface area (Å²) in [6.07, 6.45) is 0. The molecule has 0 radical (unpaired) electrons. The Morgan fingerprint density at radius 1 is 0.806 bits per heavy atom. The van der Waals surface area contributed by atoms with Crippen LogP contribution in [0.25, 0.3) is 43.9 Å². The number of nitrogens with zero attached hydrogens (tertiary/aromatic N) is 5. The van der Waals surface area contributed by atoms with Crippen molar-refractivity contribution in [2.24, 2.45) is 7.05 Å². The van der Waals surface area contributed by atoms with Crippen molar-refractivity contribution in [3.05, 3.63) is 72.8 Å². The second-order valence-corrected chi connectivity index (χ2v) is 8.34. The van der Waals surface area contributed by atoms with Crippen LogP contribution in [0, 0.1) is 0 Å². The van der Waals surface area contributed by atoms with E-state index in [1.807, 2.05) is 72.3 Å². The van der Waals surface area contributed by atoms with Crippen molar-refractivity contribution < 1.29 is 4.79 Å². The lowest BCUT2D eigenvalue weighted by molar-refractivity contribution is 0.0951. The average molecular weight is 424 g/mol. The van der Waals surface area contributed by atoms with Gasteiger partial charge in [-0.3, -0.25) is 9.36 Å². The molecule has 0 saturated carbocycles. The van der Waals surface area contributed by atoms with Gasteiger partial charge in [0.05, 0.1) is 22.3 Å². The van der Waals surface area contributed by atoms with Gasteiger partial charge in [-0.25, -0.2) is 4.98 Å². The Kier molecular flexibility index (Phi) is 4.04. The van der Waals surface area contributed by atoms with Crippen LogP contribution in [0.2, 0.25) is 0 Å². The van der Waals surface area contributed by atoms with Gasteiger partial charge in [0.15, 0.2) is 5.65 Å². The highest BCUT2D eigenvalue weighted by molar-refractivity contribution is 7.99. The van der Waals surface area contributed by atoms with Crippen molar-refractivity contribution >= 4 is 61.5 Å². The van der Waals surface area contributed by atoms with Gasteiger partial charge in [0.2, 0.25) is 11.1 Å². The fourth-order valence-corrected chi connectivity index (χ4v) is 4.87. The number of hydrogen-bond acceptors (Lipinski definition) is 5. The van der Waals surface area contributed by atoms with Crippen LogP contribution in [0.4, 0.5) is 0 Å². The molecular formula is C24H17N5OS. The summed E-state index contributed by atoms with van der Waals surface area (Å²) in [6, 6.07) is 24.0. The SMILES string of the molecule is Cn1c2ccccc2c2nnc(SCC(=O)n3c4ccccc4c4ccccc43)nc21. The Hall–Kier alpha value is -3.71. The molecule has 3 aromatic heterocycles. The zero-order valence-electron chi connectivity index (χ0n) is 16.7. The third kappa shape index (κ3) is 2.74. The molecule has 31 heavy (non-hydrogen) atoms. The molecule has 0 aliphatic heterocycles. The number of carbonyl (C=O) groups is 1. The van der Waals surface area contributed by atoms with Crippen LogP contribution in [0.3, 0.4) is 0 Å². The summed E-state index contributed by atoms with van der Waals surface area (Å²) in [6.45, 7) is 0. The summed E-state index contributed by atoms with van der Waals surface area (Å²) < 4.78 is 3.80. The molecule has 6 rings (SSSR count). The van der Waals surface area contributed by atoms with E-state index in [2.05, 4.69) is 27.3 Å². The molecule has 0 spiro atoms. The van der Waals surface area contributed by atoms with Crippen LogP contribution in [-0.4, -0.2) is 36.0 Å². The molecule has 0 atom stereocenters. The van der Waals surface area contributed by atoms with Gasteiger partial charge in [0.25, 0.3) is 0 Å². The standard InChI is InChI=1S/C24H17N5OS/c1-28-18-11-5-4-10-17(18)22-23(28)25-24(27-26-22)31-14-21(30)29-19-12-6-2-8-15(19)16-9-3-7-13-20(16)29/h2-13H,14H2,1H3. The van der Waals surface area contributed by atoms with Crippen LogP contribution < -0.4 is 0 Å². The second-order valence-electron chi connectivity index (χ2n) is 7.39. The molecule has 0 bridgehead atoms. The Balaban J connectivity index is 1.36. The predicted molar refractivity (Wildman–Crippen MR) is 125 cm³/mol. The molecule has 0 amide bonds. The van der Waals surface area contributed by atoms with Crippen molar-refractivity contribution in [1.29, 1.82) is 0 Å². The van der Waals surface area contributed by atoms with Gasteiger partial charge in [-0.2, -0.15) is 0 Å². The zero-order chi connectivity index (χ0) is 20.9. The Morgan fingerprint density at radius 3 is 2.06 bits per heavy atom. The molecule has 6 aromatic rings. The summed E-state index contributed by atoms with van der Waals surface area (Å²) >= 11 is 1.31. The fraction of sp³-hybridized carbons (Fsp3) is 0.0833. The summed E-state index contributed by atoms with van der Waals surface area (Å²) in [7, 11) is 1.97. The van der Waals surface area contributed by atoms with Crippen molar-refractivity contribution in [3.63, 3.8) is 0 Å². The van der Waals surface area contributed by atoms with Crippen molar-refractivity contribution in [2.45, 2.75) is 5.16 Å². The number of carbonyl (C=O) groups excluding carboxylic acids is 1. The monoisotopic (exact) mass is 423 g/mol. The summed E-state index contributed by atoms with van der Waals surface area (Å²) in [5.74, 6) is 0.211. The van der Waals surface area contributed by atoms with E-state index < -0.39 is 0 Å². The molecule has 3 aromatic carbocycles. The molecule has 0 N–H and O–H groups in total. The van der Waals surface area contributed by atoms with Gasteiger partial charge >= 0.3 is 0 Å². The van der Waals surface area contributed by atoms with Gasteiger partial charge in [-0.1, -0.05) is 66.4 Å². The number of rotatable bonds is 3. The number of benzene rings is 3. The average Bonchev–Trinajstić information content (AvgIpc) is 3.30. The number of thioether (sulfide) groups is 1. The lowest BCUT2D eigenvalue weighted by Crippen LogP contribution is -2.13. The Bertz CT molecular complexity index is 1580. The van der Waals surface area contributed by atoms with Gasteiger partial charge in [-0.05, 0) is 18.2 Å². The maximum absolute atomic E-state index is 13.2. The van der Waals surface area contributed by atoms with E-state index in [-0.39, 0.29) is 11.7 Å². The minimum Gasteiger partial charge on any atom is -0.327 e. The molecule has 7 heteroatoms. The number of aromatic nitrogens is 5. The zero-order valence-corrected chi connectivity index (χ0v) is 17.5. The predicted octanol–water partition coefficient (Wildman–Crippen LogP) is 5.06. The second kappa shape index (κ2) is 6.92. The van der Waals surface area contributed by atoms with Gasteiger partial charge in [0.1, 0.15) is 5.52 Å². The van der Waals surface area contributed by atoms with Gasteiger partial charge in [0, 0.05) is 23.2 Å². The minimum absolute atomic E-state index is 0.0110. The highest BCUT2D eigenvalue weighted by atomic mass is 32.2. The third-order valence-corrected chi connectivity index (χ3v) is 6.46. The van der Waals surface area contributed by atoms with Crippen LogP contribution >= 0.6 is 11.8 Å². The molecule has 0 aliphatic carbocycles. The van der Waals surface area contributed by atoms with Crippen LogP contribution in [0.5, 0.6) is 0 Å². The van der Waals surface area contributed by atoms with Crippen LogP contribution in [0.1, 0.15) is 4.79 Å². The van der Waals surface area contributed by atoms with Crippen molar-refractivity contribution in [3.8, 4) is 0 Å². The first-order valence-electron chi connectivity index (χ1n) is 9.94. The third-order valence-electron chi connectivity index (χ3n) is 5.64. The van der Waals surface area contributed by atoms with E-state index in [9.17, 15) is 4.79 Å². The van der Waals surface area contributed by atoms with Gasteiger partial charge in [-0.15, -0.1) is 10.2 Å². The number of aryl methyl sites for hydroxylation is 1. The molecule has 6 nitrogen and oxygen atoms in total. The van der Waals surface area contributed by atoms with E-state index in [0.29, 0.717) is 5.16 Å². The van der Waals surface area contributed by atoms with Crippen LogP contribution in [0.15, 0.2) is 78.0 Å². The molecule has 0 unspecified atom stereocenters. The van der Waals surface area contributed by atoms with Gasteiger partial charge < -0.3 is 4.57 Å². The molecule has 3 heterocycles. The highest BCUT2D eigenvalue weighted by Gasteiger charge is 2.17. The number of para-hydroxylation sites is 3. The first-order chi connectivity index (χ1) is 15.2. The first-order valence-corrected chi connectivity index (χ1v) is 10.9. The molecular weight excluding hydrogens is 406 g/mol. The van der Waals surface area contributed by atoms with E-state index in [1.54, 1.807) is 4.57 Å². The van der Waals surface area contributed by atoms with E-state index >= 15 is 0 Å². The number of hydrogen-bond donors (Lipinski definition) is 0. The largest absolute Gasteiger partial charge is 0.327 e. The van der Waals surface area contributed by atoms with Crippen molar-refractivity contribution in [2.75, 3.05) is 5.75 Å². The quantitative estimate of drug-likeness (QED) is 0.372. The van der Waals surface area contributed by atoms with E-state index in [0.717, 1.165) is 43.9 Å². The highest BCUT2D eigenvalue weighted by Crippen LogP contribution is 2.30. The Morgan fingerprint density at radius 2 is 1.39 bits per heavy atom. The summed E-state index contributed by atoms with van der Waals surface area (Å²) in [5, 5.41) is 12.3. The smallest absolute Gasteiger partial charge is 0.242 e. The number of fused-ring (bicyclic) bond motifs is 6. The first kappa shape index (κ1) is 18.1. The molecule has 0 fully saturated rings. The summed E-state index contributed by atoms with van der Waals surface area (Å²) in [4.78, 5) is 17.9. The maximum atomic E-state index is 13.2. The van der Waals surface area contributed by atoms with Crippen molar-refractivity contribution in [1.82, 2.24) is 24.3 Å². The molecule has 0 aliphatic rings. The normalized spacial score (nSPS) is 11.8. The topological polar surface area (TPSA) is 65.6 Å². The van der Waals surface area contributed by atoms with Crippen LogP contribution in [-0.2, 0) is 7.05 Å². The van der Waals surface area contributed by atoms with E-state index in [4.69, 9.17) is 0 Å². The summed E-state index contributed by atoms with van der Waals surface area (Å²) in [5.41, 5.74) is 4.43. The fourth-order valence-electron chi connectivity index (χ4n) is 4.24. The minimum atomic E-state index is -0.0110. The molecule has 150 valence electrons. The molecule has 0 saturated heterocycles. The maximum Gasteiger partial charge on any atom is 0.242 e.